The largest absolute Gasteiger partial charge is 0.441 e. The predicted octanol–water partition coefficient (Wildman–Crippen LogP) is 5.12. The summed E-state index contributed by atoms with van der Waals surface area (Å²) >= 11 is 0. The van der Waals surface area contributed by atoms with Gasteiger partial charge in [-0.3, -0.25) is 4.90 Å². The van der Waals surface area contributed by atoms with Gasteiger partial charge in [-0.15, -0.1) is 0 Å². The third-order valence-corrected chi connectivity index (χ3v) is 7.40. The van der Waals surface area contributed by atoms with Gasteiger partial charge in [0.05, 0.1) is 18.8 Å². The average molecular weight is 478 g/mol. The quantitative estimate of drug-likeness (QED) is 0.398. The van der Waals surface area contributed by atoms with Gasteiger partial charge in [-0.05, 0) is 48.9 Å². The van der Waals surface area contributed by atoms with Crippen LogP contribution >= 0.6 is 0 Å². The second-order valence-electron chi connectivity index (χ2n) is 7.86. The van der Waals surface area contributed by atoms with E-state index in [9.17, 15) is 17.6 Å². The van der Waals surface area contributed by atoms with Crippen LogP contribution in [0, 0.1) is 12.7 Å². The molecule has 0 saturated heterocycles. The molecule has 7 nitrogen and oxygen atoms in total. The van der Waals surface area contributed by atoms with Gasteiger partial charge in [-0.2, -0.15) is 0 Å². The molecule has 0 saturated carbocycles. The van der Waals surface area contributed by atoms with Crippen molar-refractivity contribution in [1.82, 2.24) is 9.29 Å². The summed E-state index contributed by atoms with van der Waals surface area (Å²) < 4.78 is 46.6. The molecule has 0 N–H and O–H groups in total. The molecule has 0 radical (unpaired) electrons. The molecule has 5 rings (SSSR count). The Hall–Kier alpha value is -3.98. The topological polar surface area (TPSA) is 83.7 Å². The molecule has 0 unspecified atom stereocenters. The number of amides is 2. The van der Waals surface area contributed by atoms with Crippen LogP contribution in [0.25, 0.3) is 11.5 Å². The van der Waals surface area contributed by atoms with Gasteiger partial charge in [0.25, 0.3) is 10.0 Å². The third kappa shape index (κ3) is 3.84. The number of halogens is 1. The van der Waals surface area contributed by atoms with Crippen LogP contribution in [0.4, 0.5) is 14.9 Å². The Balaban J connectivity index is 1.53. The minimum absolute atomic E-state index is 0.0149. The lowest BCUT2D eigenvalue weighted by atomic mass is 10.2. The highest BCUT2D eigenvalue weighted by Crippen LogP contribution is 2.36. The Morgan fingerprint density at radius 1 is 0.912 bits per heavy atom. The number of carbonyl (C=O) groups excluding carboxylic acids is 1. The number of rotatable bonds is 5. The first-order chi connectivity index (χ1) is 16.3. The van der Waals surface area contributed by atoms with E-state index in [2.05, 4.69) is 4.98 Å². The lowest BCUT2D eigenvalue weighted by molar-refractivity contribution is 0.226. The zero-order valence-electron chi connectivity index (χ0n) is 18.2. The number of hydrogen-bond donors (Lipinski definition) is 0. The minimum Gasteiger partial charge on any atom is -0.441 e. The highest BCUT2D eigenvalue weighted by molar-refractivity contribution is 7.90. The number of aryl methyl sites for hydroxylation is 1. The van der Waals surface area contributed by atoms with Crippen molar-refractivity contribution in [3.8, 4) is 11.5 Å². The Morgan fingerprint density at radius 3 is 2.32 bits per heavy atom. The van der Waals surface area contributed by atoms with Crippen LogP contribution in [0.5, 0.6) is 0 Å². The minimum atomic E-state index is -4.11. The molecule has 0 atom stereocenters. The Bertz CT molecular complexity index is 1470. The first-order valence-electron chi connectivity index (χ1n) is 10.5. The molecule has 2 amide bonds. The van der Waals surface area contributed by atoms with Crippen molar-refractivity contribution in [2.24, 2.45) is 0 Å². The number of oxazole rings is 1. The Labute approximate surface area is 196 Å². The van der Waals surface area contributed by atoms with Crippen LogP contribution in [0.2, 0.25) is 0 Å². The molecule has 172 valence electrons. The summed E-state index contributed by atoms with van der Waals surface area (Å²) in [6.07, 6.45) is 0. The number of benzene rings is 3. The standard InChI is InChI=1S/C25H20FN3O4S/c1-17-21(27-24(33-17)19-7-3-2-4-8-19)16-28-22-9-5-6-10-23(22)34(31,32)29(25(28)30)15-18-11-13-20(26)14-12-18/h2-14H,15-16H2,1H3. The number of fused-ring (bicyclic) bond motifs is 1. The van der Waals surface area contributed by atoms with E-state index in [1.54, 1.807) is 25.1 Å². The SMILES string of the molecule is Cc1oc(-c2ccccc2)nc1CN1C(=O)N(Cc2ccc(F)cc2)S(=O)(=O)c2ccccc21. The van der Waals surface area contributed by atoms with Crippen LogP contribution in [-0.2, 0) is 23.1 Å². The molecular weight excluding hydrogens is 457 g/mol. The molecule has 0 spiro atoms. The maximum Gasteiger partial charge on any atom is 0.339 e. The lowest BCUT2D eigenvalue weighted by Crippen LogP contribution is -2.50. The van der Waals surface area contributed by atoms with Crippen LogP contribution < -0.4 is 4.90 Å². The maximum absolute atomic E-state index is 13.5. The zero-order valence-corrected chi connectivity index (χ0v) is 19.0. The number of urea groups is 1. The fourth-order valence-electron chi connectivity index (χ4n) is 3.85. The van der Waals surface area contributed by atoms with Gasteiger partial charge in [-0.25, -0.2) is 26.9 Å². The molecule has 4 aromatic rings. The van der Waals surface area contributed by atoms with E-state index in [1.165, 1.54) is 35.2 Å². The molecule has 0 fully saturated rings. The first kappa shape index (κ1) is 21.8. The molecule has 1 aliphatic rings. The highest BCUT2D eigenvalue weighted by atomic mass is 32.2. The van der Waals surface area contributed by atoms with Crippen LogP contribution in [0.1, 0.15) is 17.0 Å². The van der Waals surface area contributed by atoms with Gasteiger partial charge in [-0.1, -0.05) is 42.5 Å². The highest BCUT2D eigenvalue weighted by Gasteiger charge is 2.41. The summed E-state index contributed by atoms with van der Waals surface area (Å²) in [6.45, 7) is 1.55. The Kier molecular flexibility index (Phi) is 5.41. The molecule has 34 heavy (non-hydrogen) atoms. The van der Waals surface area contributed by atoms with E-state index in [0.717, 1.165) is 9.87 Å². The van der Waals surface area contributed by atoms with Crippen LogP contribution in [0.15, 0.2) is 88.2 Å². The van der Waals surface area contributed by atoms with Crippen LogP contribution in [-0.4, -0.2) is 23.7 Å². The molecule has 9 heteroatoms. The number of aromatic nitrogens is 1. The van der Waals surface area contributed by atoms with E-state index >= 15 is 0 Å². The number of nitrogens with zero attached hydrogens (tertiary/aromatic N) is 3. The van der Waals surface area contributed by atoms with Crippen molar-refractivity contribution < 1.29 is 22.0 Å². The number of para-hydroxylation sites is 1. The molecule has 1 aromatic heterocycles. The van der Waals surface area contributed by atoms with Gasteiger partial charge < -0.3 is 4.42 Å². The van der Waals surface area contributed by atoms with Gasteiger partial charge in [0.1, 0.15) is 22.2 Å². The fraction of sp³-hybridized carbons (Fsp3) is 0.120. The summed E-state index contributed by atoms with van der Waals surface area (Å²) in [5.74, 6) is 0.503. The van der Waals surface area contributed by atoms with E-state index in [-0.39, 0.29) is 23.7 Å². The molecule has 2 heterocycles. The monoisotopic (exact) mass is 477 g/mol. The third-order valence-electron chi connectivity index (χ3n) is 5.63. The number of anilines is 1. The van der Waals surface area contributed by atoms with E-state index < -0.39 is 21.9 Å². The van der Waals surface area contributed by atoms with Crippen molar-refractivity contribution in [3.05, 3.63) is 102 Å². The lowest BCUT2D eigenvalue weighted by Gasteiger charge is -2.36. The van der Waals surface area contributed by atoms with Crippen molar-refractivity contribution in [2.75, 3.05) is 4.90 Å². The molecule has 0 aliphatic carbocycles. The van der Waals surface area contributed by atoms with Gasteiger partial charge in [0.15, 0.2) is 0 Å². The van der Waals surface area contributed by atoms with Gasteiger partial charge in [0.2, 0.25) is 5.89 Å². The van der Waals surface area contributed by atoms with Crippen molar-refractivity contribution in [2.45, 2.75) is 24.9 Å². The normalized spacial score (nSPS) is 14.8. The summed E-state index contributed by atoms with van der Waals surface area (Å²) in [5.41, 5.74) is 2.07. The van der Waals surface area contributed by atoms with Gasteiger partial charge >= 0.3 is 6.03 Å². The van der Waals surface area contributed by atoms with E-state index in [4.69, 9.17) is 4.42 Å². The summed E-state index contributed by atoms with van der Waals surface area (Å²) in [5, 5.41) is 0. The van der Waals surface area contributed by atoms with E-state index in [1.807, 2.05) is 30.3 Å². The summed E-state index contributed by atoms with van der Waals surface area (Å²) in [6, 6.07) is 20.4. The van der Waals surface area contributed by atoms with Crippen molar-refractivity contribution in [1.29, 1.82) is 0 Å². The number of sulfonamides is 1. The van der Waals surface area contributed by atoms with Crippen molar-refractivity contribution in [3.63, 3.8) is 0 Å². The fourth-order valence-corrected chi connectivity index (χ4v) is 5.40. The van der Waals surface area contributed by atoms with Crippen molar-refractivity contribution >= 4 is 21.7 Å². The molecule has 0 bridgehead atoms. The Morgan fingerprint density at radius 2 is 1.59 bits per heavy atom. The van der Waals surface area contributed by atoms with E-state index in [0.29, 0.717) is 22.9 Å². The summed E-state index contributed by atoms with van der Waals surface area (Å²) in [4.78, 5) is 19.5. The smallest absolute Gasteiger partial charge is 0.339 e. The average Bonchev–Trinajstić information content (AvgIpc) is 3.21. The number of carbonyl (C=O) groups is 1. The van der Waals surface area contributed by atoms with Crippen LogP contribution in [0.3, 0.4) is 0 Å². The number of hydrogen-bond acceptors (Lipinski definition) is 5. The second-order valence-corrected chi connectivity index (χ2v) is 9.69. The van der Waals surface area contributed by atoms with Gasteiger partial charge in [0, 0.05) is 5.56 Å². The molecular formula is C25H20FN3O4S. The second kappa shape index (κ2) is 8.42. The summed E-state index contributed by atoms with van der Waals surface area (Å²) in [7, 11) is -4.11. The molecule has 1 aliphatic heterocycles. The zero-order chi connectivity index (χ0) is 23.9. The first-order valence-corrected chi connectivity index (χ1v) is 12.0. The predicted molar refractivity (Wildman–Crippen MR) is 124 cm³/mol. The maximum atomic E-state index is 13.5. The molecule has 3 aromatic carbocycles.